The zero-order valence-corrected chi connectivity index (χ0v) is 15.0. The molecular weight excluding hydrogens is 350 g/mol. The normalized spacial score (nSPS) is 13.9. The van der Waals surface area contributed by atoms with Crippen molar-refractivity contribution in [3.63, 3.8) is 0 Å². The van der Waals surface area contributed by atoms with Gasteiger partial charge in [0.25, 0.3) is 11.7 Å². The van der Waals surface area contributed by atoms with Crippen LogP contribution in [0.5, 0.6) is 0 Å². The third kappa shape index (κ3) is 3.16. The van der Waals surface area contributed by atoms with E-state index in [1.54, 1.807) is 42.5 Å². The Morgan fingerprint density at radius 3 is 1.86 bits per heavy atom. The molecule has 0 fully saturated rings. The first-order chi connectivity index (χ1) is 13.7. The molecule has 1 amide bonds. The maximum Gasteiger partial charge on any atom is 0.299 e. The Kier molecular flexibility index (Phi) is 4.68. The van der Waals surface area contributed by atoms with Crippen LogP contribution in [0, 0.1) is 0 Å². The Labute approximate surface area is 162 Å². The molecule has 28 heavy (non-hydrogen) atoms. The number of hydrogen-bond acceptors (Lipinski definition) is 3. The summed E-state index contributed by atoms with van der Waals surface area (Å²) in [5.41, 5.74) is 2.22. The lowest BCUT2D eigenvalue weighted by Crippen LogP contribution is -2.28. The first-order valence-electron chi connectivity index (χ1n) is 8.96. The molecule has 4 nitrogen and oxygen atoms in total. The van der Waals surface area contributed by atoms with Gasteiger partial charge in [0.05, 0.1) is 12.2 Å². The first kappa shape index (κ1) is 17.6. The number of benzene rings is 3. The molecule has 1 heterocycles. The first-order valence-corrected chi connectivity index (χ1v) is 8.96. The highest BCUT2D eigenvalue weighted by molar-refractivity contribution is 6.56. The van der Waals surface area contributed by atoms with Crippen molar-refractivity contribution < 1.29 is 14.4 Å². The van der Waals surface area contributed by atoms with E-state index in [0.29, 0.717) is 16.8 Å². The van der Waals surface area contributed by atoms with E-state index >= 15 is 0 Å². The van der Waals surface area contributed by atoms with Crippen LogP contribution in [0.15, 0.2) is 96.6 Å². The molecule has 0 saturated carbocycles. The van der Waals surface area contributed by atoms with Gasteiger partial charge < -0.3 is 0 Å². The third-order valence-electron chi connectivity index (χ3n) is 4.67. The fraction of sp³-hybridized carbons (Fsp3) is 0.0417. The molecule has 1 aliphatic heterocycles. The van der Waals surface area contributed by atoms with Crippen LogP contribution in [-0.2, 0) is 16.1 Å². The molecule has 1 aliphatic rings. The van der Waals surface area contributed by atoms with Gasteiger partial charge in [-0.15, -0.1) is 0 Å². The van der Waals surface area contributed by atoms with Crippen LogP contribution in [0.1, 0.15) is 21.5 Å². The quantitative estimate of drug-likeness (QED) is 0.391. The number of hydrogen-bond donors (Lipinski definition) is 0. The predicted octanol–water partition coefficient (Wildman–Crippen LogP) is 3.89. The Morgan fingerprint density at radius 1 is 0.714 bits per heavy atom. The van der Waals surface area contributed by atoms with Crippen molar-refractivity contribution in [2.75, 3.05) is 0 Å². The lowest BCUT2D eigenvalue weighted by molar-refractivity contribution is -0.139. The average molecular weight is 367 g/mol. The van der Waals surface area contributed by atoms with Gasteiger partial charge in [0.1, 0.15) is 5.57 Å². The van der Waals surface area contributed by atoms with E-state index in [2.05, 4.69) is 0 Å². The third-order valence-corrected chi connectivity index (χ3v) is 4.67. The summed E-state index contributed by atoms with van der Waals surface area (Å²) in [5.74, 6) is -1.88. The minimum Gasteiger partial charge on any atom is -0.300 e. The maximum atomic E-state index is 13.1. The summed E-state index contributed by atoms with van der Waals surface area (Å²) in [6, 6.07) is 27.1. The van der Waals surface area contributed by atoms with Crippen molar-refractivity contribution in [3.8, 4) is 0 Å². The van der Waals surface area contributed by atoms with Gasteiger partial charge in [-0.05, 0) is 11.1 Å². The zero-order chi connectivity index (χ0) is 19.5. The number of amides is 1. The average Bonchev–Trinajstić information content (AvgIpc) is 3.00. The van der Waals surface area contributed by atoms with Gasteiger partial charge in [0.15, 0.2) is 5.78 Å². The summed E-state index contributed by atoms with van der Waals surface area (Å²) < 4.78 is 0. The Morgan fingerprint density at radius 2 is 1.25 bits per heavy atom. The summed E-state index contributed by atoms with van der Waals surface area (Å²) in [6.45, 7) is 0.223. The number of carbonyl (C=O) groups excluding carboxylic acids is 3. The summed E-state index contributed by atoms with van der Waals surface area (Å²) >= 11 is 0. The highest BCUT2D eigenvalue weighted by Gasteiger charge is 2.42. The molecule has 4 rings (SSSR count). The molecule has 0 spiro atoms. The molecule has 0 unspecified atom stereocenters. The Balaban J connectivity index is 1.86. The van der Waals surface area contributed by atoms with Gasteiger partial charge in [0, 0.05) is 5.56 Å². The van der Waals surface area contributed by atoms with E-state index in [0.717, 1.165) is 5.56 Å². The van der Waals surface area contributed by atoms with Crippen LogP contribution in [0.4, 0.5) is 0 Å². The lowest BCUT2D eigenvalue weighted by Gasteiger charge is -2.20. The van der Waals surface area contributed by atoms with Crippen molar-refractivity contribution in [1.29, 1.82) is 0 Å². The van der Waals surface area contributed by atoms with E-state index in [1.807, 2.05) is 48.5 Å². The van der Waals surface area contributed by atoms with Gasteiger partial charge in [0.2, 0.25) is 0 Å². The second-order valence-electron chi connectivity index (χ2n) is 6.49. The van der Waals surface area contributed by atoms with E-state index in [9.17, 15) is 14.4 Å². The lowest BCUT2D eigenvalue weighted by atomic mass is 9.97. The second-order valence-corrected chi connectivity index (χ2v) is 6.49. The molecule has 0 N–H and O–H groups in total. The van der Waals surface area contributed by atoms with E-state index < -0.39 is 17.5 Å². The van der Waals surface area contributed by atoms with Crippen LogP contribution in [-0.4, -0.2) is 22.4 Å². The van der Waals surface area contributed by atoms with Crippen LogP contribution in [0.2, 0.25) is 0 Å². The number of Topliss-reactive ketones (excluding diaryl/α,β-unsaturated/α-hetero) is 2. The number of ketones is 2. The van der Waals surface area contributed by atoms with Crippen molar-refractivity contribution in [2.45, 2.75) is 6.54 Å². The van der Waals surface area contributed by atoms with Crippen molar-refractivity contribution in [3.05, 3.63) is 113 Å². The molecule has 0 bridgehead atoms. The predicted molar refractivity (Wildman–Crippen MR) is 106 cm³/mol. The molecular formula is C24H17NO3. The van der Waals surface area contributed by atoms with Gasteiger partial charge in [-0.3, -0.25) is 19.3 Å². The van der Waals surface area contributed by atoms with Crippen LogP contribution >= 0.6 is 0 Å². The maximum absolute atomic E-state index is 13.1. The summed E-state index contributed by atoms with van der Waals surface area (Å²) in [6.07, 6.45) is 0. The van der Waals surface area contributed by atoms with Gasteiger partial charge in [-0.25, -0.2) is 0 Å². The Hall–Kier alpha value is -3.79. The minimum absolute atomic E-state index is 0.0710. The van der Waals surface area contributed by atoms with Crippen molar-refractivity contribution in [2.24, 2.45) is 0 Å². The smallest absolute Gasteiger partial charge is 0.299 e. The summed E-state index contributed by atoms with van der Waals surface area (Å²) in [5, 5.41) is 0. The Bertz CT molecular complexity index is 1070. The number of nitrogens with zero attached hydrogens (tertiary/aromatic N) is 1. The highest BCUT2D eigenvalue weighted by Crippen LogP contribution is 2.33. The molecule has 0 aliphatic carbocycles. The van der Waals surface area contributed by atoms with Crippen molar-refractivity contribution >= 4 is 23.2 Å². The zero-order valence-electron chi connectivity index (χ0n) is 15.0. The second kappa shape index (κ2) is 7.45. The monoisotopic (exact) mass is 367 g/mol. The molecule has 4 heteroatoms. The molecule has 0 saturated heterocycles. The molecule has 136 valence electrons. The molecule has 0 aromatic heterocycles. The van der Waals surface area contributed by atoms with Crippen LogP contribution in [0.25, 0.3) is 5.70 Å². The van der Waals surface area contributed by atoms with Crippen LogP contribution in [0.3, 0.4) is 0 Å². The molecule has 0 radical (unpaired) electrons. The molecule has 3 aromatic carbocycles. The van der Waals surface area contributed by atoms with E-state index in [-0.39, 0.29) is 12.1 Å². The minimum atomic E-state index is -0.761. The standard InChI is InChI=1S/C24H17NO3/c26-22(19-14-8-3-9-15-19)20-21(18-12-6-2-7-13-18)25(24(28)23(20)27)16-17-10-4-1-5-11-17/h1-15H,16H2. The fourth-order valence-electron chi connectivity index (χ4n) is 3.33. The van der Waals surface area contributed by atoms with Crippen molar-refractivity contribution in [1.82, 2.24) is 4.90 Å². The summed E-state index contributed by atoms with van der Waals surface area (Å²) in [7, 11) is 0. The fourth-order valence-corrected chi connectivity index (χ4v) is 3.33. The van der Waals surface area contributed by atoms with E-state index in [4.69, 9.17) is 0 Å². The molecule has 3 aromatic rings. The summed E-state index contributed by atoms with van der Waals surface area (Å²) in [4.78, 5) is 40.2. The highest BCUT2D eigenvalue weighted by atomic mass is 16.2. The largest absolute Gasteiger partial charge is 0.300 e. The number of carbonyl (C=O) groups is 3. The topological polar surface area (TPSA) is 54.5 Å². The van der Waals surface area contributed by atoms with Crippen LogP contribution < -0.4 is 0 Å². The van der Waals surface area contributed by atoms with Gasteiger partial charge in [-0.1, -0.05) is 91.0 Å². The van der Waals surface area contributed by atoms with E-state index in [1.165, 1.54) is 4.90 Å². The molecule has 0 atom stereocenters. The number of rotatable bonds is 5. The van der Waals surface area contributed by atoms with Gasteiger partial charge >= 0.3 is 0 Å². The van der Waals surface area contributed by atoms with Gasteiger partial charge in [-0.2, -0.15) is 0 Å². The SMILES string of the molecule is O=C1C(=O)N(Cc2ccccc2)C(c2ccccc2)=C1C(=O)c1ccccc1.